The van der Waals surface area contributed by atoms with Crippen LogP contribution in [0.3, 0.4) is 0 Å². The predicted molar refractivity (Wildman–Crippen MR) is 74.3 cm³/mol. The molecule has 4 N–H and O–H groups in total. The molecule has 1 rings (SSSR count). The van der Waals surface area contributed by atoms with E-state index in [1.807, 2.05) is 22.6 Å². The van der Waals surface area contributed by atoms with Gasteiger partial charge in [-0.1, -0.05) is 6.07 Å². The molecule has 0 amide bonds. The number of benzene rings is 1. The van der Waals surface area contributed by atoms with Crippen molar-refractivity contribution in [2.75, 3.05) is 0 Å². The van der Waals surface area contributed by atoms with Crippen molar-refractivity contribution in [2.24, 2.45) is 0 Å². The Balaban J connectivity index is -0.000000332. The Kier molecular flexibility index (Phi) is 12.1. The summed E-state index contributed by atoms with van der Waals surface area (Å²) in [5.74, 6) is -0.564. The van der Waals surface area contributed by atoms with Gasteiger partial charge in [0.05, 0.1) is 3.57 Å². The van der Waals surface area contributed by atoms with Gasteiger partial charge in [0.2, 0.25) is 0 Å². The molecule has 0 fully saturated rings. The fraction of sp³-hybridized carbons (Fsp3) is 0. The van der Waals surface area contributed by atoms with Crippen molar-refractivity contribution in [3.63, 3.8) is 0 Å². The van der Waals surface area contributed by atoms with E-state index in [4.69, 9.17) is 23.2 Å². The first-order chi connectivity index (χ1) is 7.40. The first-order valence-electron chi connectivity index (χ1n) is 3.74. The van der Waals surface area contributed by atoms with Crippen LogP contribution in [-0.4, -0.2) is 33.5 Å². The topological polar surface area (TPSA) is 107 Å². The molecular formula is C7H8BI2LiO6. The number of carbonyl (C=O) groups is 1. The van der Waals surface area contributed by atoms with Gasteiger partial charge in [0.15, 0.2) is 28.8 Å². The molecule has 0 aliphatic carbocycles. The van der Waals surface area contributed by atoms with Gasteiger partial charge in [0, 0.05) is 0 Å². The summed E-state index contributed by atoms with van der Waals surface area (Å²) in [5.41, 5.74) is 0.191. The van der Waals surface area contributed by atoms with Crippen LogP contribution in [0.15, 0.2) is 18.2 Å². The van der Waals surface area contributed by atoms with Gasteiger partial charge in [0.1, 0.15) is 5.56 Å². The number of rotatable bonds is 2. The molecule has 0 heterocycles. The van der Waals surface area contributed by atoms with E-state index in [1.165, 1.54) is 6.07 Å². The van der Waals surface area contributed by atoms with Gasteiger partial charge in [-0.05, 0) is 34.7 Å². The molecule has 0 aromatic heterocycles. The number of hydrogen-bond donors (Lipinski definition) is 4. The zero-order valence-electron chi connectivity index (χ0n) is 9.67. The van der Waals surface area contributed by atoms with E-state index >= 15 is 0 Å². The van der Waals surface area contributed by atoms with Crippen LogP contribution < -0.4 is 21.9 Å². The Morgan fingerprint density at radius 2 is 1.82 bits per heavy atom. The molecule has 0 unspecified atom stereocenters. The Labute approximate surface area is 139 Å². The van der Waals surface area contributed by atoms with Crippen molar-refractivity contribution >= 4 is 58.9 Å². The van der Waals surface area contributed by atoms with Crippen LogP contribution in [0.1, 0.15) is 11.8 Å². The third-order valence-corrected chi connectivity index (χ3v) is 2.56. The summed E-state index contributed by atoms with van der Waals surface area (Å²) in [5, 5.41) is 30.2. The molecule has 0 radical (unpaired) electrons. The molecule has 1 aromatic carbocycles. The fourth-order valence-electron chi connectivity index (χ4n) is 0.756. The molecule has 17 heavy (non-hydrogen) atoms. The van der Waals surface area contributed by atoms with Gasteiger partial charge in [0.25, 0.3) is 0 Å². The molecule has 0 saturated carbocycles. The maximum Gasteiger partial charge on any atom is 1.00 e. The standard InChI is InChI=1S/C7H4I2O3.BH3O3.Li.H/c8-5-3-1-2-4(7(10)11)6(5)12-9;2-1(3)4;;/h1-3H,(H,10,11);2-4H;;/q;;+1;-1. The molecule has 0 aliphatic rings. The Hall–Kier alpha value is 0.492. The molecule has 10 heteroatoms. The van der Waals surface area contributed by atoms with Crippen molar-refractivity contribution in [3.8, 4) is 5.75 Å². The summed E-state index contributed by atoms with van der Waals surface area (Å²) in [6.07, 6.45) is 0. The van der Waals surface area contributed by atoms with Crippen molar-refractivity contribution in [2.45, 2.75) is 0 Å². The monoisotopic (exact) mass is 460 g/mol. The third-order valence-electron chi connectivity index (χ3n) is 1.27. The van der Waals surface area contributed by atoms with E-state index in [0.717, 1.165) is 3.57 Å². The van der Waals surface area contributed by atoms with Crippen molar-refractivity contribution in [1.29, 1.82) is 0 Å². The first kappa shape index (κ1) is 19.8. The van der Waals surface area contributed by atoms with Crippen molar-refractivity contribution < 1.29 is 48.3 Å². The van der Waals surface area contributed by atoms with Crippen LogP contribution in [0.2, 0.25) is 0 Å². The maximum absolute atomic E-state index is 10.6. The van der Waals surface area contributed by atoms with Crippen LogP contribution in [0.25, 0.3) is 0 Å². The van der Waals surface area contributed by atoms with Crippen molar-refractivity contribution in [1.82, 2.24) is 0 Å². The quantitative estimate of drug-likeness (QED) is 0.295. The van der Waals surface area contributed by atoms with Gasteiger partial charge in [-0.25, -0.2) is 4.79 Å². The molecule has 1 aromatic rings. The fourth-order valence-corrected chi connectivity index (χ4v) is 2.26. The normalized spacial score (nSPS) is 8.29. The van der Waals surface area contributed by atoms with Crippen molar-refractivity contribution in [3.05, 3.63) is 27.3 Å². The second-order valence-corrected chi connectivity index (χ2v) is 3.95. The molecule has 0 spiro atoms. The zero-order chi connectivity index (χ0) is 12.7. The second kappa shape index (κ2) is 10.4. The Bertz CT molecular complexity index is 367. The number of para-hydroxylation sites is 1. The van der Waals surface area contributed by atoms with Gasteiger partial charge in [-0.15, -0.1) is 0 Å². The van der Waals surface area contributed by atoms with Crippen LogP contribution >= 0.6 is 45.6 Å². The van der Waals surface area contributed by atoms with Gasteiger partial charge >= 0.3 is 32.2 Å². The van der Waals surface area contributed by atoms with E-state index in [9.17, 15) is 4.79 Å². The Morgan fingerprint density at radius 3 is 2.12 bits per heavy atom. The van der Waals surface area contributed by atoms with E-state index < -0.39 is 13.3 Å². The Morgan fingerprint density at radius 1 is 1.35 bits per heavy atom. The molecule has 0 bridgehead atoms. The van der Waals surface area contributed by atoms with Gasteiger partial charge in [-0.2, -0.15) is 0 Å². The minimum Gasteiger partial charge on any atom is -1.00 e. The molecular weight excluding hydrogens is 452 g/mol. The first-order valence-corrected chi connectivity index (χ1v) is 5.70. The maximum atomic E-state index is 10.6. The van der Waals surface area contributed by atoms with Gasteiger partial charge < -0.3 is 24.7 Å². The van der Waals surface area contributed by atoms with E-state index in [2.05, 4.69) is 0 Å². The van der Waals surface area contributed by atoms with E-state index in [1.54, 1.807) is 35.1 Å². The summed E-state index contributed by atoms with van der Waals surface area (Å²) in [6, 6.07) is 4.99. The van der Waals surface area contributed by atoms with Gasteiger partial charge in [-0.3, -0.25) is 0 Å². The minimum absolute atomic E-state index is 0. The number of carboxylic acid groups (broad SMARTS) is 1. The molecule has 0 atom stereocenters. The average Bonchev–Trinajstić information content (AvgIpc) is 2.16. The number of carboxylic acids is 1. The van der Waals surface area contributed by atoms with Crippen LogP contribution in [0.4, 0.5) is 0 Å². The largest absolute Gasteiger partial charge is 1.00 e. The number of aromatic carboxylic acids is 1. The summed E-state index contributed by atoms with van der Waals surface area (Å²) in [7, 11) is -2.17. The summed E-state index contributed by atoms with van der Waals surface area (Å²) >= 11 is 3.70. The predicted octanol–water partition coefficient (Wildman–Crippen LogP) is -2.22. The average molecular weight is 460 g/mol. The van der Waals surface area contributed by atoms with Crippen LogP contribution in [0, 0.1) is 3.57 Å². The third kappa shape index (κ3) is 8.25. The smallest absolute Gasteiger partial charge is 1.00 e. The molecule has 90 valence electrons. The van der Waals surface area contributed by atoms with Crippen LogP contribution in [-0.2, 0) is 0 Å². The van der Waals surface area contributed by atoms with E-state index in [0.29, 0.717) is 5.75 Å². The molecule has 0 aliphatic heterocycles. The molecule has 0 saturated heterocycles. The van der Waals surface area contributed by atoms with E-state index in [-0.39, 0.29) is 25.9 Å². The SMILES string of the molecule is O=C(O)c1cccc(I)c1OI.OB(O)O.[H-].[Li+]. The summed E-state index contributed by atoms with van der Waals surface area (Å²) < 4.78 is 5.71. The number of halogens is 2. The zero-order valence-corrected chi connectivity index (χ0v) is 13.0. The molecule has 6 nitrogen and oxygen atoms in total. The van der Waals surface area contributed by atoms with Crippen LogP contribution in [0.5, 0.6) is 5.75 Å². The number of hydrogen-bond acceptors (Lipinski definition) is 5. The summed E-state index contributed by atoms with van der Waals surface area (Å²) in [4.78, 5) is 10.6. The second-order valence-electron chi connectivity index (χ2n) is 2.35. The minimum atomic E-state index is -2.17. The summed E-state index contributed by atoms with van der Waals surface area (Å²) in [6.45, 7) is 0.